The summed E-state index contributed by atoms with van der Waals surface area (Å²) in [5.74, 6) is -3.13. The van der Waals surface area contributed by atoms with Crippen LogP contribution in [-0.2, 0) is 19.2 Å². The predicted molar refractivity (Wildman–Crippen MR) is 92.1 cm³/mol. The first-order chi connectivity index (χ1) is 12.2. The van der Waals surface area contributed by atoms with Crippen molar-refractivity contribution in [2.75, 3.05) is 13.2 Å². The van der Waals surface area contributed by atoms with Crippen LogP contribution in [-0.4, -0.2) is 71.2 Å². The van der Waals surface area contributed by atoms with Crippen molar-refractivity contribution >= 4 is 23.7 Å². The topological polar surface area (TPSA) is 157 Å². The molecule has 1 aliphatic rings. The summed E-state index contributed by atoms with van der Waals surface area (Å²) >= 11 is 0. The third kappa shape index (κ3) is 6.26. The molecule has 0 aromatic rings. The highest BCUT2D eigenvalue weighted by molar-refractivity contribution is 5.94. The number of aliphatic carboxylic acids is 1. The van der Waals surface area contributed by atoms with E-state index in [9.17, 15) is 19.2 Å². The van der Waals surface area contributed by atoms with Crippen LogP contribution in [0.15, 0.2) is 0 Å². The Balaban J connectivity index is 2.63. The molecule has 1 saturated heterocycles. The van der Waals surface area contributed by atoms with Crippen LogP contribution in [0.1, 0.15) is 33.6 Å². The number of hydrogen-bond donors (Lipinski definition) is 6. The second kappa shape index (κ2) is 10.1. The number of hydrogen-bond acceptors (Lipinski definition) is 6. The lowest BCUT2D eigenvalue weighted by Crippen LogP contribution is -2.57. The van der Waals surface area contributed by atoms with E-state index in [0.29, 0.717) is 6.42 Å². The van der Waals surface area contributed by atoms with Gasteiger partial charge >= 0.3 is 5.97 Å². The van der Waals surface area contributed by atoms with E-state index in [2.05, 4.69) is 21.3 Å². The Labute approximate surface area is 152 Å². The highest BCUT2D eigenvalue weighted by atomic mass is 16.4. The third-order valence-electron chi connectivity index (χ3n) is 4.17. The van der Waals surface area contributed by atoms with Crippen molar-refractivity contribution < 1.29 is 29.4 Å². The zero-order valence-corrected chi connectivity index (χ0v) is 15.2. The number of carboxylic acid groups (broad SMARTS) is 1. The normalized spacial score (nSPS) is 20.1. The van der Waals surface area contributed by atoms with Gasteiger partial charge in [-0.1, -0.05) is 13.8 Å². The van der Waals surface area contributed by atoms with Crippen LogP contribution in [0.3, 0.4) is 0 Å². The van der Waals surface area contributed by atoms with Gasteiger partial charge in [-0.05, 0) is 32.2 Å². The van der Waals surface area contributed by atoms with E-state index < -0.39 is 42.5 Å². The molecule has 10 nitrogen and oxygen atoms in total. The Morgan fingerprint density at radius 1 is 1.08 bits per heavy atom. The monoisotopic (exact) mass is 372 g/mol. The Bertz CT molecular complexity index is 533. The van der Waals surface area contributed by atoms with Crippen molar-refractivity contribution in [1.29, 1.82) is 0 Å². The van der Waals surface area contributed by atoms with Crippen molar-refractivity contribution in [2.24, 2.45) is 5.92 Å². The van der Waals surface area contributed by atoms with Crippen LogP contribution in [0.2, 0.25) is 0 Å². The molecule has 0 aromatic carbocycles. The molecule has 0 aromatic heterocycles. The summed E-state index contributed by atoms with van der Waals surface area (Å²) in [5, 5.41) is 28.1. The van der Waals surface area contributed by atoms with Gasteiger partial charge in [-0.15, -0.1) is 0 Å². The molecule has 148 valence electrons. The van der Waals surface area contributed by atoms with E-state index in [1.165, 1.54) is 6.92 Å². The van der Waals surface area contributed by atoms with Gasteiger partial charge in [0, 0.05) is 0 Å². The van der Waals surface area contributed by atoms with Gasteiger partial charge in [0.2, 0.25) is 17.7 Å². The average molecular weight is 372 g/mol. The summed E-state index contributed by atoms with van der Waals surface area (Å²) in [6, 6.07) is -3.63. The van der Waals surface area contributed by atoms with Crippen LogP contribution in [0, 0.1) is 5.92 Å². The zero-order chi connectivity index (χ0) is 19.9. The second-order valence-electron chi connectivity index (χ2n) is 6.69. The molecule has 0 radical (unpaired) electrons. The van der Waals surface area contributed by atoms with Crippen molar-refractivity contribution in [2.45, 2.75) is 57.8 Å². The van der Waals surface area contributed by atoms with Crippen molar-refractivity contribution in [3.63, 3.8) is 0 Å². The molecule has 0 bridgehead atoms. The fourth-order valence-corrected chi connectivity index (χ4v) is 2.55. The Kier molecular flexibility index (Phi) is 8.46. The van der Waals surface area contributed by atoms with Gasteiger partial charge in [-0.25, -0.2) is 4.79 Å². The lowest BCUT2D eigenvalue weighted by atomic mass is 10.0. The predicted octanol–water partition coefficient (Wildman–Crippen LogP) is -2.05. The Morgan fingerprint density at radius 3 is 2.19 bits per heavy atom. The molecule has 10 heteroatoms. The van der Waals surface area contributed by atoms with Gasteiger partial charge in [-0.3, -0.25) is 14.4 Å². The lowest BCUT2D eigenvalue weighted by molar-refractivity contribution is -0.143. The first-order valence-corrected chi connectivity index (χ1v) is 8.65. The molecule has 1 heterocycles. The SMILES string of the molecule is CC(NC(=O)C(NC(=O)C1CCCN1)C(C)C)C(=O)NC(CO)C(=O)O. The number of aliphatic hydroxyl groups is 1. The molecule has 4 unspecified atom stereocenters. The second-order valence-corrected chi connectivity index (χ2v) is 6.69. The van der Waals surface area contributed by atoms with E-state index in [-0.39, 0.29) is 17.9 Å². The fraction of sp³-hybridized carbons (Fsp3) is 0.750. The summed E-state index contributed by atoms with van der Waals surface area (Å²) in [6.07, 6.45) is 1.60. The van der Waals surface area contributed by atoms with E-state index in [4.69, 9.17) is 10.2 Å². The van der Waals surface area contributed by atoms with Crippen LogP contribution < -0.4 is 21.3 Å². The van der Waals surface area contributed by atoms with Crippen LogP contribution in [0.25, 0.3) is 0 Å². The minimum Gasteiger partial charge on any atom is -0.480 e. The van der Waals surface area contributed by atoms with Crippen LogP contribution >= 0.6 is 0 Å². The van der Waals surface area contributed by atoms with E-state index in [1.807, 2.05) is 0 Å². The number of carbonyl (C=O) groups excluding carboxylic acids is 3. The third-order valence-corrected chi connectivity index (χ3v) is 4.17. The largest absolute Gasteiger partial charge is 0.480 e. The quantitative estimate of drug-likeness (QED) is 0.272. The highest BCUT2D eigenvalue weighted by Crippen LogP contribution is 2.08. The minimum absolute atomic E-state index is 0.208. The van der Waals surface area contributed by atoms with Crippen molar-refractivity contribution in [3.05, 3.63) is 0 Å². The molecule has 4 atom stereocenters. The molecule has 26 heavy (non-hydrogen) atoms. The van der Waals surface area contributed by atoms with E-state index in [1.54, 1.807) is 13.8 Å². The van der Waals surface area contributed by atoms with Gasteiger partial charge < -0.3 is 31.5 Å². The number of amides is 3. The molecule has 0 aliphatic carbocycles. The van der Waals surface area contributed by atoms with E-state index >= 15 is 0 Å². The van der Waals surface area contributed by atoms with Crippen LogP contribution in [0.5, 0.6) is 0 Å². The van der Waals surface area contributed by atoms with Gasteiger partial charge in [0.1, 0.15) is 18.1 Å². The fourth-order valence-electron chi connectivity index (χ4n) is 2.55. The van der Waals surface area contributed by atoms with Gasteiger partial charge in [0.15, 0.2) is 0 Å². The average Bonchev–Trinajstić information content (AvgIpc) is 3.10. The first kappa shape index (κ1) is 21.8. The molecule has 3 amide bonds. The molecular formula is C16H28N4O6. The maximum absolute atomic E-state index is 12.4. The maximum Gasteiger partial charge on any atom is 0.328 e. The first-order valence-electron chi connectivity index (χ1n) is 8.65. The van der Waals surface area contributed by atoms with Crippen molar-refractivity contribution in [1.82, 2.24) is 21.3 Å². The summed E-state index contributed by atoms with van der Waals surface area (Å²) < 4.78 is 0. The summed E-state index contributed by atoms with van der Waals surface area (Å²) in [5.41, 5.74) is 0. The molecule has 1 rings (SSSR count). The molecule has 1 aliphatic heterocycles. The number of aliphatic hydroxyl groups excluding tert-OH is 1. The minimum atomic E-state index is -1.45. The molecule has 0 spiro atoms. The summed E-state index contributed by atoms with van der Waals surface area (Å²) in [6.45, 7) is 4.92. The standard InChI is InChI=1S/C16H28N4O6/c1-8(2)12(20-14(23)10-5-4-6-17-10)15(24)18-9(3)13(22)19-11(7-21)16(25)26/h8-12,17,21H,4-7H2,1-3H3,(H,18,24)(H,19,22)(H,20,23)(H,25,26). The van der Waals surface area contributed by atoms with Crippen molar-refractivity contribution in [3.8, 4) is 0 Å². The highest BCUT2D eigenvalue weighted by Gasteiger charge is 2.31. The Hall–Kier alpha value is -2.20. The number of carbonyl (C=O) groups is 4. The van der Waals surface area contributed by atoms with Crippen LogP contribution in [0.4, 0.5) is 0 Å². The zero-order valence-electron chi connectivity index (χ0n) is 15.2. The summed E-state index contributed by atoms with van der Waals surface area (Å²) in [7, 11) is 0. The molecule has 1 fully saturated rings. The van der Waals surface area contributed by atoms with Gasteiger partial charge in [-0.2, -0.15) is 0 Å². The maximum atomic E-state index is 12.4. The number of nitrogens with one attached hydrogen (secondary N) is 4. The van der Waals surface area contributed by atoms with E-state index in [0.717, 1.165) is 13.0 Å². The number of carboxylic acids is 1. The molecular weight excluding hydrogens is 344 g/mol. The van der Waals surface area contributed by atoms with Gasteiger partial charge in [0.05, 0.1) is 12.6 Å². The summed E-state index contributed by atoms with van der Waals surface area (Å²) in [4.78, 5) is 47.5. The van der Waals surface area contributed by atoms with Gasteiger partial charge in [0.25, 0.3) is 0 Å². The smallest absolute Gasteiger partial charge is 0.328 e. The molecule has 6 N–H and O–H groups in total. The number of rotatable bonds is 9. The molecule has 0 saturated carbocycles. The Morgan fingerprint density at radius 2 is 1.73 bits per heavy atom. The lowest BCUT2D eigenvalue weighted by Gasteiger charge is -2.25.